The van der Waals surface area contributed by atoms with Crippen molar-refractivity contribution < 1.29 is 4.39 Å². The highest BCUT2D eigenvalue weighted by atomic mass is 19.1. The molecule has 2 heteroatoms. The highest BCUT2D eigenvalue weighted by molar-refractivity contribution is 5.28. The summed E-state index contributed by atoms with van der Waals surface area (Å²) in [6.45, 7) is 8.09. The predicted octanol–water partition coefficient (Wildman–Crippen LogP) is 3.13. The van der Waals surface area contributed by atoms with E-state index in [-0.39, 0.29) is 5.82 Å². The fourth-order valence-electron chi connectivity index (χ4n) is 1.66. The van der Waals surface area contributed by atoms with Gasteiger partial charge in [0, 0.05) is 6.54 Å². The quantitative estimate of drug-likeness (QED) is 0.785. The molecule has 1 rings (SSSR count). The van der Waals surface area contributed by atoms with Crippen molar-refractivity contribution in [3.63, 3.8) is 0 Å². The number of hydrogen-bond acceptors (Lipinski definition) is 1. The van der Waals surface area contributed by atoms with Gasteiger partial charge in [-0.25, -0.2) is 4.39 Å². The molecule has 0 saturated carbocycles. The lowest BCUT2D eigenvalue weighted by Gasteiger charge is -2.12. The van der Waals surface area contributed by atoms with Crippen LogP contribution >= 0.6 is 0 Å². The Hall–Kier alpha value is -0.890. The van der Waals surface area contributed by atoms with Crippen LogP contribution in [0.5, 0.6) is 0 Å². The Morgan fingerprint density at radius 2 is 2.00 bits per heavy atom. The number of hydrogen-bond donors (Lipinski definition) is 1. The summed E-state index contributed by atoms with van der Waals surface area (Å²) >= 11 is 0. The average molecular weight is 209 g/mol. The zero-order valence-electron chi connectivity index (χ0n) is 9.81. The summed E-state index contributed by atoms with van der Waals surface area (Å²) in [7, 11) is 0. The molecular formula is C13H20FN. The normalized spacial score (nSPS) is 11.0. The average Bonchev–Trinajstić information content (AvgIpc) is 2.18. The summed E-state index contributed by atoms with van der Waals surface area (Å²) in [5.74, 6) is 0.464. The molecule has 0 atom stereocenters. The Balaban J connectivity index is 2.82. The van der Waals surface area contributed by atoms with Crippen molar-refractivity contribution in [2.24, 2.45) is 5.92 Å². The third kappa shape index (κ3) is 4.00. The molecular weight excluding hydrogens is 189 g/mol. The van der Waals surface area contributed by atoms with Crippen LogP contribution in [0.1, 0.15) is 31.9 Å². The Kier molecular flexibility index (Phi) is 4.76. The van der Waals surface area contributed by atoms with Gasteiger partial charge in [0.05, 0.1) is 0 Å². The van der Waals surface area contributed by atoms with Gasteiger partial charge in [-0.05, 0) is 42.1 Å². The molecule has 0 bridgehead atoms. The van der Waals surface area contributed by atoms with Crippen molar-refractivity contribution in [2.75, 3.05) is 6.54 Å². The molecule has 0 radical (unpaired) electrons. The first-order valence-electron chi connectivity index (χ1n) is 5.61. The first kappa shape index (κ1) is 12.2. The van der Waals surface area contributed by atoms with Crippen molar-refractivity contribution in [3.05, 3.63) is 35.1 Å². The lowest BCUT2D eigenvalue weighted by atomic mass is 9.98. The maximum absolute atomic E-state index is 13.1. The molecule has 0 aliphatic rings. The Bertz CT molecular complexity index is 307. The van der Waals surface area contributed by atoms with E-state index in [9.17, 15) is 4.39 Å². The molecule has 0 saturated heterocycles. The van der Waals surface area contributed by atoms with Crippen molar-refractivity contribution in [2.45, 2.75) is 33.7 Å². The van der Waals surface area contributed by atoms with Crippen LogP contribution in [0.2, 0.25) is 0 Å². The van der Waals surface area contributed by atoms with E-state index < -0.39 is 0 Å². The van der Waals surface area contributed by atoms with Gasteiger partial charge in [-0.2, -0.15) is 0 Å². The minimum atomic E-state index is -0.143. The van der Waals surface area contributed by atoms with E-state index in [0.29, 0.717) is 5.92 Å². The third-order valence-electron chi connectivity index (χ3n) is 2.36. The molecule has 1 aromatic carbocycles. The van der Waals surface area contributed by atoms with Crippen LogP contribution in [0.4, 0.5) is 4.39 Å². The van der Waals surface area contributed by atoms with Crippen molar-refractivity contribution in [1.29, 1.82) is 0 Å². The zero-order chi connectivity index (χ0) is 11.3. The molecule has 0 fully saturated rings. The van der Waals surface area contributed by atoms with E-state index in [1.165, 1.54) is 5.56 Å². The van der Waals surface area contributed by atoms with E-state index in [1.54, 1.807) is 12.1 Å². The number of nitrogens with one attached hydrogen (secondary N) is 1. The molecule has 0 aliphatic carbocycles. The highest BCUT2D eigenvalue weighted by Crippen LogP contribution is 2.15. The zero-order valence-corrected chi connectivity index (χ0v) is 9.81. The molecule has 15 heavy (non-hydrogen) atoms. The molecule has 0 heterocycles. The molecule has 1 nitrogen and oxygen atoms in total. The molecule has 0 unspecified atom stereocenters. The van der Waals surface area contributed by atoms with Crippen LogP contribution in [0, 0.1) is 11.7 Å². The molecule has 0 amide bonds. The fourth-order valence-corrected chi connectivity index (χ4v) is 1.66. The minimum Gasteiger partial charge on any atom is -0.313 e. The molecule has 84 valence electrons. The summed E-state index contributed by atoms with van der Waals surface area (Å²) < 4.78 is 13.1. The number of halogens is 1. The van der Waals surface area contributed by atoms with Gasteiger partial charge in [0.15, 0.2) is 0 Å². The topological polar surface area (TPSA) is 12.0 Å². The minimum absolute atomic E-state index is 0.143. The Labute approximate surface area is 91.7 Å². The van der Waals surface area contributed by atoms with Crippen molar-refractivity contribution >= 4 is 0 Å². The predicted molar refractivity (Wildman–Crippen MR) is 62.3 cm³/mol. The van der Waals surface area contributed by atoms with Crippen molar-refractivity contribution in [1.82, 2.24) is 5.32 Å². The van der Waals surface area contributed by atoms with E-state index in [0.717, 1.165) is 25.1 Å². The van der Waals surface area contributed by atoms with E-state index >= 15 is 0 Å². The van der Waals surface area contributed by atoms with Gasteiger partial charge in [0.2, 0.25) is 0 Å². The molecule has 0 aliphatic heterocycles. The molecule has 1 N–H and O–H groups in total. The summed E-state index contributed by atoms with van der Waals surface area (Å²) in [4.78, 5) is 0. The van der Waals surface area contributed by atoms with E-state index in [4.69, 9.17) is 0 Å². The summed E-state index contributed by atoms with van der Waals surface area (Å²) in [5.41, 5.74) is 2.35. The molecule has 0 aromatic heterocycles. The fraction of sp³-hybridized carbons (Fsp3) is 0.538. The van der Waals surface area contributed by atoms with E-state index in [2.05, 4.69) is 26.1 Å². The third-order valence-corrected chi connectivity index (χ3v) is 2.36. The van der Waals surface area contributed by atoms with Gasteiger partial charge in [-0.1, -0.05) is 26.8 Å². The smallest absolute Gasteiger partial charge is 0.123 e. The largest absolute Gasteiger partial charge is 0.313 e. The number of benzene rings is 1. The summed E-state index contributed by atoms with van der Waals surface area (Å²) in [5, 5.41) is 3.24. The molecule has 0 spiro atoms. The lowest BCUT2D eigenvalue weighted by molar-refractivity contribution is 0.608. The van der Waals surface area contributed by atoms with Crippen LogP contribution in [-0.4, -0.2) is 6.54 Å². The second-order valence-corrected chi connectivity index (χ2v) is 4.29. The summed E-state index contributed by atoms with van der Waals surface area (Å²) in [6, 6.07) is 5.09. The first-order valence-corrected chi connectivity index (χ1v) is 5.61. The van der Waals surface area contributed by atoms with Gasteiger partial charge in [-0.3, -0.25) is 0 Å². The van der Waals surface area contributed by atoms with Gasteiger partial charge >= 0.3 is 0 Å². The maximum Gasteiger partial charge on any atom is 0.123 e. The number of rotatable bonds is 5. The van der Waals surface area contributed by atoms with Crippen molar-refractivity contribution in [3.8, 4) is 0 Å². The van der Waals surface area contributed by atoms with Gasteiger partial charge < -0.3 is 5.32 Å². The first-order chi connectivity index (χ1) is 7.13. The Morgan fingerprint density at radius 1 is 1.27 bits per heavy atom. The Morgan fingerprint density at radius 3 is 2.60 bits per heavy atom. The monoisotopic (exact) mass is 209 g/mol. The van der Waals surface area contributed by atoms with Crippen LogP contribution < -0.4 is 5.32 Å². The van der Waals surface area contributed by atoms with Crippen LogP contribution in [0.15, 0.2) is 18.2 Å². The van der Waals surface area contributed by atoms with Crippen LogP contribution in [-0.2, 0) is 13.0 Å². The van der Waals surface area contributed by atoms with Gasteiger partial charge in [0.25, 0.3) is 0 Å². The van der Waals surface area contributed by atoms with Crippen LogP contribution in [0.25, 0.3) is 0 Å². The standard InChI is InChI=1S/C13H20FN/c1-4-15-9-12-8-13(14)6-5-11(12)7-10(2)3/h5-6,8,10,15H,4,7,9H2,1-3H3. The van der Waals surface area contributed by atoms with Crippen LogP contribution in [0.3, 0.4) is 0 Å². The second-order valence-electron chi connectivity index (χ2n) is 4.29. The highest BCUT2D eigenvalue weighted by Gasteiger charge is 2.05. The lowest BCUT2D eigenvalue weighted by Crippen LogP contribution is -2.14. The second kappa shape index (κ2) is 5.86. The van der Waals surface area contributed by atoms with E-state index in [1.807, 2.05) is 6.07 Å². The van der Waals surface area contributed by atoms with Gasteiger partial charge in [-0.15, -0.1) is 0 Å². The summed E-state index contributed by atoms with van der Waals surface area (Å²) in [6.07, 6.45) is 1.01. The SMILES string of the molecule is CCNCc1cc(F)ccc1CC(C)C. The maximum atomic E-state index is 13.1. The molecule has 1 aromatic rings. The van der Waals surface area contributed by atoms with Gasteiger partial charge in [0.1, 0.15) is 5.82 Å².